The van der Waals surface area contributed by atoms with Gasteiger partial charge in [-0.15, -0.1) is 0 Å². The van der Waals surface area contributed by atoms with Crippen molar-refractivity contribution in [3.05, 3.63) is 119 Å². The second-order valence-electron chi connectivity index (χ2n) is 10.9. The van der Waals surface area contributed by atoms with Crippen molar-refractivity contribution in [1.82, 2.24) is 9.88 Å². The van der Waals surface area contributed by atoms with Gasteiger partial charge in [0.15, 0.2) is 0 Å². The van der Waals surface area contributed by atoms with Gasteiger partial charge in [-0.1, -0.05) is 6.92 Å². The van der Waals surface area contributed by atoms with E-state index in [1.165, 1.54) is 56.8 Å². The molecular formula is C37H38FN5O7. The van der Waals surface area contributed by atoms with E-state index in [0.717, 1.165) is 11.1 Å². The van der Waals surface area contributed by atoms with Crippen LogP contribution in [-0.4, -0.2) is 62.0 Å². The van der Waals surface area contributed by atoms with Gasteiger partial charge in [0.1, 0.15) is 52.9 Å². The Morgan fingerprint density at radius 2 is 1.58 bits per heavy atom. The molecule has 12 nitrogen and oxygen atoms in total. The van der Waals surface area contributed by atoms with E-state index in [-0.39, 0.29) is 36.1 Å². The first kappa shape index (κ1) is 36.7. The zero-order valence-corrected chi connectivity index (χ0v) is 28.3. The maximum Gasteiger partial charge on any atom is 0.290 e. The maximum absolute atomic E-state index is 15.1. The summed E-state index contributed by atoms with van der Waals surface area (Å²) in [4.78, 5) is 18.3. The van der Waals surface area contributed by atoms with Crippen molar-refractivity contribution < 1.29 is 38.0 Å². The number of ether oxygens (including phenoxy) is 5. The van der Waals surface area contributed by atoms with E-state index in [1.807, 2.05) is 18.2 Å². The third-order valence-electron chi connectivity index (χ3n) is 7.69. The van der Waals surface area contributed by atoms with Crippen LogP contribution in [0.2, 0.25) is 0 Å². The van der Waals surface area contributed by atoms with Crippen LogP contribution in [0.3, 0.4) is 0 Å². The normalized spacial score (nSPS) is 11.5. The number of benzene rings is 3. The van der Waals surface area contributed by atoms with Gasteiger partial charge in [0.05, 0.1) is 47.1 Å². The number of allylic oxidation sites excluding steroid dienone is 1. The third-order valence-corrected chi connectivity index (χ3v) is 7.69. The van der Waals surface area contributed by atoms with E-state index in [2.05, 4.69) is 10.3 Å². The van der Waals surface area contributed by atoms with Crippen LogP contribution in [0, 0.1) is 22.6 Å². The molecule has 4 rings (SSSR count). The van der Waals surface area contributed by atoms with Crippen LogP contribution in [0.15, 0.2) is 84.8 Å². The summed E-state index contributed by atoms with van der Waals surface area (Å²) < 4.78 is 42.8. The van der Waals surface area contributed by atoms with Gasteiger partial charge < -0.3 is 39.0 Å². The number of pyridine rings is 1. The highest BCUT2D eigenvalue weighted by Gasteiger charge is 2.21. The third kappa shape index (κ3) is 9.27. The fraction of sp³-hybridized carbons (Fsp3) is 0.243. The van der Waals surface area contributed by atoms with Crippen molar-refractivity contribution in [2.75, 3.05) is 40.4 Å². The molecule has 1 amide bonds. The van der Waals surface area contributed by atoms with Crippen LogP contribution in [0.5, 0.6) is 23.0 Å². The zero-order valence-electron chi connectivity index (χ0n) is 28.3. The van der Waals surface area contributed by atoms with Crippen molar-refractivity contribution in [2.24, 2.45) is 0 Å². The molecule has 0 unspecified atom stereocenters. The Balaban J connectivity index is 1.59. The molecule has 0 aliphatic carbocycles. The first-order valence-corrected chi connectivity index (χ1v) is 15.3. The number of nitrogens with one attached hydrogen (secondary N) is 2. The van der Waals surface area contributed by atoms with Crippen molar-refractivity contribution in [1.29, 1.82) is 10.7 Å². The molecule has 1 atom stereocenters. The number of aliphatic hydroxyl groups excluding tert-OH is 1. The summed E-state index contributed by atoms with van der Waals surface area (Å²) in [5, 5.41) is 30.9. The van der Waals surface area contributed by atoms with Gasteiger partial charge in [-0.3, -0.25) is 10.2 Å². The van der Waals surface area contributed by atoms with Crippen LogP contribution >= 0.6 is 0 Å². The highest BCUT2D eigenvalue weighted by atomic mass is 19.1. The molecule has 260 valence electrons. The van der Waals surface area contributed by atoms with Gasteiger partial charge in [0, 0.05) is 41.1 Å². The molecule has 0 saturated heterocycles. The van der Waals surface area contributed by atoms with Gasteiger partial charge in [-0.05, 0) is 66.2 Å². The molecule has 0 radical (unpaired) electrons. The first-order chi connectivity index (χ1) is 24.1. The van der Waals surface area contributed by atoms with Crippen molar-refractivity contribution in [3.8, 4) is 29.1 Å². The Hall–Kier alpha value is -6.13. The Morgan fingerprint density at radius 1 is 0.960 bits per heavy atom. The molecule has 3 N–H and O–H groups in total. The Kier molecular flexibility index (Phi) is 12.7. The lowest BCUT2D eigenvalue weighted by Gasteiger charge is -2.27. The number of anilines is 1. The molecule has 1 heterocycles. The second kappa shape index (κ2) is 17.3. The van der Waals surface area contributed by atoms with E-state index in [0.29, 0.717) is 34.2 Å². The molecule has 4 aromatic rings. The number of halogens is 1. The lowest BCUT2D eigenvalue weighted by Crippen LogP contribution is -2.32. The summed E-state index contributed by atoms with van der Waals surface area (Å²) in [6.45, 7) is 1.44. The highest BCUT2D eigenvalue weighted by Crippen LogP contribution is 2.30. The largest absolute Gasteiger partial charge is 0.497 e. The zero-order chi connectivity index (χ0) is 36.2. The number of amidine groups is 1. The molecule has 13 heteroatoms. The number of aromatic nitrogens is 1. The van der Waals surface area contributed by atoms with Crippen molar-refractivity contribution in [3.63, 3.8) is 0 Å². The maximum atomic E-state index is 15.1. The summed E-state index contributed by atoms with van der Waals surface area (Å²) in [6, 6.07) is 19.3. The monoisotopic (exact) mass is 683 g/mol. The van der Waals surface area contributed by atoms with E-state index in [1.54, 1.807) is 50.3 Å². The standard InChI is InChI=1S/C37H38FN5O7/c1-23(31-15-27(9-12-32(31)38)42-36(45)33-13-6-24(18-39)19-41-33)14-30(22-44)50-37(40)43(20-25-7-10-28(46-2)16-34(25)48-4)21-26-8-11-29(47-3)17-35(26)49-5/h6-17,19,23,40,44H,20-22H2,1-5H3,(H,42,45)/b30-14-,40-37?/t23-/m1/s1. The van der Waals surface area contributed by atoms with Crippen LogP contribution in [0.4, 0.5) is 10.1 Å². The topological polar surface area (TPSA) is 159 Å². The number of carbonyl (C=O) groups excluding carboxylic acids is 1. The number of nitriles is 1. The second-order valence-corrected chi connectivity index (χ2v) is 10.9. The molecule has 0 spiro atoms. The number of amides is 1. The molecule has 3 aromatic carbocycles. The van der Waals surface area contributed by atoms with Crippen LogP contribution in [0.25, 0.3) is 0 Å². The summed E-state index contributed by atoms with van der Waals surface area (Å²) in [5.41, 5.74) is 2.37. The van der Waals surface area contributed by atoms with E-state index in [9.17, 15) is 9.90 Å². The average molecular weight is 684 g/mol. The molecule has 0 aliphatic rings. The van der Waals surface area contributed by atoms with Crippen LogP contribution in [0.1, 0.15) is 45.6 Å². The minimum absolute atomic E-state index is 0.00603. The molecule has 0 fully saturated rings. The predicted octanol–water partition coefficient (Wildman–Crippen LogP) is 6.01. The van der Waals surface area contributed by atoms with Crippen LogP contribution < -0.4 is 24.3 Å². The number of carbonyl (C=O) groups is 1. The van der Waals surface area contributed by atoms with Crippen molar-refractivity contribution >= 4 is 17.6 Å². The summed E-state index contributed by atoms with van der Waals surface area (Å²) >= 11 is 0. The minimum atomic E-state index is -0.647. The fourth-order valence-electron chi connectivity index (χ4n) is 5.01. The van der Waals surface area contributed by atoms with Gasteiger partial charge in [0.2, 0.25) is 0 Å². The lowest BCUT2D eigenvalue weighted by atomic mass is 9.99. The van der Waals surface area contributed by atoms with Gasteiger partial charge in [-0.25, -0.2) is 9.37 Å². The smallest absolute Gasteiger partial charge is 0.290 e. The van der Waals surface area contributed by atoms with E-state index >= 15 is 4.39 Å². The Morgan fingerprint density at radius 3 is 2.08 bits per heavy atom. The van der Waals surface area contributed by atoms with E-state index < -0.39 is 24.2 Å². The summed E-state index contributed by atoms with van der Waals surface area (Å²) in [6.07, 6.45) is 2.79. The minimum Gasteiger partial charge on any atom is -0.497 e. The predicted molar refractivity (Wildman–Crippen MR) is 184 cm³/mol. The molecule has 0 bridgehead atoms. The number of hydrogen-bond acceptors (Lipinski definition) is 10. The molecule has 1 aromatic heterocycles. The van der Waals surface area contributed by atoms with Gasteiger partial charge >= 0.3 is 0 Å². The number of methoxy groups -OCH3 is 4. The lowest BCUT2D eigenvalue weighted by molar-refractivity contribution is 0.102. The van der Waals surface area contributed by atoms with Gasteiger partial charge in [0.25, 0.3) is 11.9 Å². The molecule has 0 aliphatic heterocycles. The molecule has 0 saturated carbocycles. The van der Waals surface area contributed by atoms with E-state index in [4.69, 9.17) is 34.4 Å². The number of nitrogens with zero attached hydrogens (tertiary/aromatic N) is 3. The molecular weight excluding hydrogens is 645 g/mol. The van der Waals surface area contributed by atoms with Crippen molar-refractivity contribution in [2.45, 2.75) is 25.9 Å². The number of aliphatic hydroxyl groups is 1. The quantitative estimate of drug-likeness (QED) is 0.0816. The van der Waals surface area contributed by atoms with Gasteiger partial charge in [-0.2, -0.15) is 5.26 Å². The SMILES string of the molecule is COc1ccc(CN(Cc2ccc(OC)cc2OC)C(=N)O/C(=C\[C@@H](C)c2cc(NC(=O)c3ccc(C#N)cn3)ccc2F)CO)c(OC)c1. The summed E-state index contributed by atoms with van der Waals surface area (Å²) in [7, 11) is 6.18. The van der Waals surface area contributed by atoms with Crippen LogP contribution in [-0.2, 0) is 17.8 Å². The molecule has 50 heavy (non-hydrogen) atoms. The number of hydrogen-bond donors (Lipinski definition) is 3. The Bertz CT molecular complexity index is 1840. The first-order valence-electron chi connectivity index (χ1n) is 15.3. The fourth-order valence-corrected chi connectivity index (χ4v) is 5.01. The number of rotatable bonds is 14. The Labute approximate surface area is 289 Å². The average Bonchev–Trinajstić information content (AvgIpc) is 3.14. The highest BCUT2D eigenvalue weighted by molar-refractivity contribution is 6.02. The summed E-state index contributed by atoms with van der Waals surface area (Å²) in [5.74, 6) is 0.544.